The van der Waals surface area contributed by atoms with Crippen LogP contribution < -0.4 is 27.4 Å². The molecule has 9 N–H and O–H groups in total. The van der Waals surface area contributed by atoms with Gasteiger partial charge in [-0.1, -0.05) is 42.5 Å². The highest BCUT2D eigenvalue weighted by atomic mass is 16.4. The van der Waals surface area contributed by atoms with Gasteiger partial charge in [0.1, 0.15) is 23.9 Å². The standard InChI is InChI=1S/C25H31N5O7/c1-14(22(33)30-20(25(36)37)12-16-7-9-17(31)10-8-16)28-24(35)19(11-15-5-3-2-4-6-15)29-23(34)18(26)13-21(27)32/h2-10,14,18-20,31H,11-13,26H2,1H3,(H2,27,32)(H,28,35)(H,29,34)(H,30,33)(H,36,37). The summed E-state index contributed by atoms with van der Waals surface area (Å²) >= 11 is 0. The molecule has 0 heterocycles. The van der Waals surface area contributed by atoms with E-state index in [2.05, 4.69) is 16.0 Å². The van der Waals surface area contributed by atoms with Crippen LogP contribution in [-0.4, -0.2) is 64.0 Å². The van der Waals surface area contributed by atoms with E-state index in [-0.39, 0.29) is 18.6 Å². The van der Waals surface area contributed by atoms with Crippen LogP contribution in [0.1, 0.15) is 24.5 Å². The molecule has 2 aromatic carbocycles. The molecule has 37 heavy (non-hydrogen) atoms. The number of carbonyl (C=O) groups excluding carboxylic acids is 4. The number of carbonyl (C=O) groups is 5. The number of nitrogens with one attached hydrogen (secondary N) is 3. The Hall–Kier alpha value is -4.45. The van der Waals surface area contributed by atoms with Crippen molar-refractivity contribution in [2.24, 2.45) is 11.5 Å². The Morgan fingerprint density at radius 1 is 0.784 bits per heavy atom. The highest BCUT2D eigenvalue weighted by molar-refractivity contribution is 5.95. The van der Waals surface area contributed by atoms with Crippen LogP contribution in [0.3, 0.4) is 0 Å². The van der Waals surface area contributed by atoms with E-state index in [1.165, 1.54) is 31.2 Å². The van der Waals surface area contributed by atoms with Gasteiger partial charge in [-0.3, -0.25) is 19.2 Å². The van der Waals surface area contributed by atoms with Gasteiger partial charge in [0.05, 0.1) is 12.5 Å². The molecule has 0 aliphatic rings. The molecule has 4 amide bonds. The minimum atomic E-state index is -1.29. The number of aliphatic carboxylic acids is 1. The molecule has 0 spiro atoms. The molecule has 0 bridgehead atoms. The third kappa shape index (κ3) is 9.61. The fourth-order valence-electron chi connectivity index (χ4n) is 3.39. The Bertz CT molecular complexity index is 1110. The zero-order valence-electron chi connectivity index (χ0n) is 20.2. The number of hydrogen-bond acceptors (Lipinski definition) is 7. The summed E-state index contributed by atoms with van der Waals surface area (Å²) in [6.07, 6.45) is -0.400. The molecule has 0 aromatic heterocycles. The van der Waals surface area contributed by atoms with E-state index in [1.807, 2.05) is 0 Å². The van der Waals surface area contributed by atoms with Crippen LogP contribution in [-0.2, 0) is 36.8 Å². The van der Waals surface area contributed by atoms with Gasteiger partial charge in [-0.2, -0.15) is 0 Å². The monoisotopic (exact) mass is 513 g/mol. The van der Waals surface area contributed by atoms with Crippen molar-refractivity contribution in [3.8, 4) is 5.75 Å². The average Bonchev–Trinajstić information content (AvgIpc) is 2.84. The molecule has 2 aromatic rings. The number of nitrogens with two attached hydrogens (primary N) is 2. The second-order valence-corrected chi connectivity index (χ2v) is 8.53. The van der Waals surface area contributed by atoms with Crippen molar-refractivity contribution in [1.29, 1.82) is 0 Å². The smallest absolute Gasteiger partial charge is 0.326 e. The van der Waals surface area contributed by atoms with Gasteiger partial charge in [-0.05, 0) is 30.2 Å². The van der Waals surface area contributed by atoms with E-state index < -0.39 is 60.2 Å². The highest BCUT2D eigenvalue weighted by Gasteiger charge is 2.29. The van der Waals surface area contributed by atoms with Gasteiger partial charge in [0.25, 0.3) is 0 Å². The lowest BCUT2D eigenvalue weighted by molar-refractivity contribution is -0.142. The molecule has 0 radical (unpaired) electrons. The maximum Gasteiger partial charge on any atom is 0.326 e. The molecule has 0 fully saturated rings. The molecule has 0 saturated carbocycles. The lowest BCUT2D eigenvalue weighted by Gasteiger charge is -2.23. The second kappa shape index (κ2) is 13.6. The molecule has 4 atom stereocenters. The first-order valence-corrected chi connectivity index (χ1v) is 11.5. The molecular weight excluding hydrogens is 482 g/mol. The highest BCUT2D eigenvalue weighted by Crippen LogP contribution is 2.12. The number of hydrogen-bond donors (Lipinski definition) is 7. The summed E-state index contributed by atoms with van der Waals surface area (Å²) in [5, 5.41) is 26.2. The number of primary amides is 1. The first kappa shape index (κ1) is 28.8. The van der Waals surface area contributed by atoms with Crippen LogP contribution in [0.4, 0.5) is 0 Å². The van der Waals surface area contributed by atoms with Crippen molar-refractivity contribution >= 4 is 29.6 Å². The van der Waals surface area contributed by atoms with Crippen LogP contribution in [0.15, 0.2) is 54.6 Å². The zero-order valence-corrected chi connectivity index (χ0v) is 20.2. The Kier molecular flexibility index (Phi) is 10.6. The summed E-state index contributed by atoms with van der Waals surface area (Å²) in [4.78, 5) is 60.9. The van der Waals surface area contributed by atoms with E-state index in [0.29, 0.717) is 11.1 Å². The number of benzene rings is 2. The van der Waals surface area contributed by atoms with Crippen LogP contribution in [0.5, 0.6) is 5.75 Å². The first-order valence-electron chi connectivity index (χ1n) is 11.5. The van der Waals surface area contributed by atoms with Crippen LogP contribution in [0, 0.1) is 0 Å². The Morgan fingerprint density at radius 3 is 1.89 bits per heavy atom. The summed E-state index contributed by atoms with van der Waals surface area (Å²) in [6.45, 7) is 1.37. The number of amides is 4. The van der Waals surface area contributed by atoms with E-state index in [4.69, 9.17) is 11.5 Å². The van der Waals surface area contributed by atoms with Crippen molar-refractivity contribution in [3.63, 3.8) is 0 Å². The summed E-state index contributed by atoms with van der Waals surface area (Å²) in [5.74, 6) is -4.28. The predicted octanol–water partition coefficient (Wildman–Crippen LogP) is -1.06. The Morgan fingerprint density at radius 2 is 1.32 bits per heavy atom. The van der Waals surface area contributed by atoms with Gasteiger partial charge < -0.3 is 37.6 Å². The van der Waals surface area contributed by atoms with Crippen molar-refractivity contribution in [2.75, 3.05) is 0 Å². The molecule has 2 rings (SSSR count). The van der Waals surface area contributed by atoms with E-state index >= 15 is 0 Å². The number of phenols is 1. The molecule has 198 valence electrons. The lowest BCUT2D eigenvalue weighted by Crippen LogP contribution is -2.57. The van der Waals surface area contributed by atoms with Crippen LogP contribution >= 0.6 is 0 Å². The number of aromatic hydroxyl groups is 1. The maximum absolute atomic E-state index is 13.0. The van der Waals surface area contributed by atoms with Crippen LogP contribution in [0.2, 0.25) is 0 Å². The largest absolute Gasteiger partial charge is 0.508 e. The van der Waals surface area contributed by atoms with E-state index in [1.54, 1.807) is 30.3 Å². The Balaban J connectivity index is 2.08. The first-order chi connectivity index (χ1) is 17.5. The quantitative estimate of drug-likeness (QED) is 0.175. The van der Waals surface area contributed by atoms with Gasteiger partial charge in [0.2, 0.25) is 23.6 Å². The van der Waals surface area contributed by atoms with Gasteiger partial charge >= 0.3 is 5.97 Å². The SMILES string of the molecule is CC(NC(=O)C(Cc1ccccc1)NC(=O)C(N)CC(N)=O)C(=O)NC(Cc1ccc(O)cc1)C(=O)O. The third-order valence-corrected chi connectivity index (χ3v) is 5.42. The normalized spacial score (nSPS) is 13.9. The summed E-state index contributed by atoms with van der Waals surface area (Å²) in [6, 6.07) is 9.78. The number of rotatable bonds is 13. The van der Waals surface area contributed by atoms with Gasteiger partial charge in [0.15, 0.2) is 0 Å². The summed E-state index contributed by atoms with van der Waals surface area (Å²) in [5.41, 5.74) is 12.1. The van der Waals surface area contributed by atoms with Crippen LogP contribution in [0.25, 0.3) is 0 Å². The molecule has 12 heteroatoms. The molecule has 0 aliphatic carbocycles. The average molecular weight is 514 g/mol. The fraction of sp³-hybridized carbons (Fsp3) is 0.320. The summed E-state index contributed by atoms with van der Waals surface area (Å²) < 4.78 is 0. The topological polar surface area (TPSA) is 214 Å². The lowest BCUT2D eigenvalue weighted by atomic mass is 10.0. The molecular formula is C25H31N5O7. The minimum Gasteiger partial charge on any atom is -0.508 e. The van der Waals surface area contributed by atoms with Gasteiger partial charge in [0, 0.05) is 12.8 Å². The minimum absolute atomic E-state index is 0.0173. The molecule has 0 aliphatic heterocycles. The number of phenolic OH excluding ortho intramolecular Hbond substituents is 1. The molecule has 4 unspecified atom stereocenters. The summed E-state index contributed by atoms with van der Waals surface area (Å²) in [7, 11) is 0. The Labute approximate surface area is 213 Å². The molecule has 0 saturated heterocycles. The van der Waals surface area contributed by atoms with Gasteiger partial charge in [-0.15, -0.1) is 0 Å². The van der Waals surface area contributed by atoms with Crippen molar-refractivity contribution in [3.05, 3.63) is 65.7 Å². The number of carboxylic acid groups (broad SMARTS) is 1. The molecule has 12 nitrogen and oxygen atoms in total. The van der Waals surface area contributed by atoms with Gasteiger partial charge in [-0.25, -0.2) is 4.79 Å². The van der Waals surface area contributed by atoms with Crippen molar-refractivity contribution in [1.82, 2.24) is 16.0 Å². The second-order valence-electron chi connectivity index (χ2n) is 8.53. The van der Waals surface area contributed by atoms with Crippen molar-refractivity contribution in [2.45, 2.75) is 50.4 Å². The number of carboxylic acids is 1. The maximum atomic E-state index is 13.0. The zero-order chi connectivity index (χ0) is 27.5. The third-order valence-electron chi connectivity index (χ3n) is 5.42. The van der Waals surface area contributed by atoms with Crippen molar-refractivity contribution < 1.29 is 34.2 Å². The fourth-order valence-corrected chi connectivity index (χ4v) is 3.39. The predicted molar refractivity (Wildman–Crippen MR) is 133 cm³/mol. The van der Waals surface area contributed by atoms with E-state index in [0.717, 1.165) is 0 Å². The van der Waals surface area contributed by atoms with E-state index in [9.17, 15) is 34.2 Å².